The third kappa shape index (κ3) is 3.90. The van der Waals surface area contributed by atoms with Crippen LogP contribution in [-0.4, -0.2) is 67.9 Å². The van der Waals surface area contributed by atoms with E-state index < -0.39 is 9.84 Å². The fourth-order valence-corrected chi connectivity index (χ4v) is 5.54. The number of hydrogen-bond donors (Lipinski definition) is 0. The van der Waals surface area contributed by atoms with Crippen LogP contribution in [0.4, 0.5) is 0 Å². The standard InChI is InChI=1S/C15H18BrClN2O3S/c16-14-2-1-11(17)9-13(14)15(20)19-6-4-18(5-7-19)12-3-8-23(21,22)10-12/h1-2,9,12H,3-8,10H2. The minimum atomic E-state index is -2.87. The minimum absolute atomic E-state index is 0.0435. The lowest BCUT2D eigenvalue weighted by Crippen LogP contribution is -2.52. The summed E-state index contributed by atoms with van der Waals surface area (Å²) in [5, 5.41) is 0.534. The Morgan fingerprint density at radius 1 is 1.22 bits per heavy atom. The Labute approximate surface area is 149 Å². The summed E-state index contributed by atoms with van der Waals surface area (Å²) >= 11 is 9.37. The second-order valence-corrected chi connectivity index (χ2v) is 9.53. The highest BCUT2D eigenvalue weighted by atomic mass is 79.9. The molecule has 126 valence electrons. The number of amides is 1. The van der Waals surface area contributed by atoms with Crippen molar-refractivity contribution in [2.75, 3.05) is 37.7 Å². The largest absolute Gasteiger partial charge is 0.336 e. The van der Waals surface area contributed by atoms with Crippen molar-refractivity contribution < 1.29 is 13.2 Å². The van der Waals surface area contributed by atoms with Crippen LogP contribution in [0.25, 0.3) is 0 Å². The molecule has 1 amide bonds. The molecule has 1 atom stereocenters. The van der Waals surface area contributed by atoms with Gasteiger partial charge < -0.3 is 4.90 Å². The zero-order valence-corrected chi connectivity index (χ0v) is 15.7. The summed E-state index contributed by atoms with van der Waals surface area (Å²) in [6, 6.07) is 5.29. The van der Waals surface area contributed by atoms with Gasteiger partial charge >= 0.3 is 0 Å². The van der Waals surface area contributed by atoms with E-state index in [4.69, 9.17) is 11.6 Å². The summed E-state index contributed by atoms with van der Waals surface area (Å²) in [5.74, 6) is 0.491. The molecule has 0 aromatic heterocycles. The van der Waals surface area contributed by atoms with Crippen LogP contribution < -0.4 is 0 Å². The van der Waals surface area contributed by atoms with Gasteiger partial charge in [0.05, 0.1) is 17.1 Å². The molecule has 2 heterocycles. The summed E-state index contributed by atoms with van der Waals surface area (Å²) in [6.45, 7) is 2.64. The lowest BCUT2D eigenvalue weighted by atomic mass is 10.1. The molecular weight excluding hydrogens is 404 g/mol. The Kier molecular flexibility index (Phi) is 5.01. The number of benzene rings is 1. The normalized spacial score (nSPS) is 24.8. The van der Waals surface area contributed by atoms with Gasteiger partial charge in [-0.15, -0.1) is 0 Å². The van der Waals surface area contributed by atoms with Gasteiger partial charge in [-0.1, -0.05) is 11.6 Å². The molecule has 2 saturated heterocycles. The SMILES string of the molecule is O=C(c1cc(Cl)ccc1Br)N1CCN(C2CCS(=O)(=O)C2)CC1. The zero-order valence-electron chi connectivity index (χ0n) is 12.5. The Morgan fingerprint density at radius 3 is 2.52 bits per heavy atom. The van der Waals surface area contributed by atoms with Crippen molar-refractivity contribution >= 4 is 43.3 Å². The number of sulfone groups is 1. The molecule has 0 radical (unpaired) electrons. The van der Waals surface area contributed by atoms with Crippen LogP contribution in [0.3, 0.4) is 0 Å². The average molecular weight is 422 g/mol. The number of carbonyl (C=O) groups excluding carboxylic acids is 1. The van der Waals surface area contributed by atoms with Gasteiger partial charge in [-0.05, 0) is 40.5 Å². The Balaban J connectivity index is 1.63. The third-order valence-electron chi connectivity index (χ3n) is 4.49. The molecule has 8 heteroatoms. The molecule has 2 aliphatic heterocycles. The smallest absolute Gasteiger partial charge is 0.255 e. The molecule has 2 fully saturated rings. The van der Waals surface area contributed by atoms with Crippen LogP contribution in [0.15, 0.2) is 22.7 Å². The number of piperazine rings is 1. The molecule has 1 unspecified atom stereocenters. The van der Waals surface area contributed by atoms with E-state index in [1.54, 1.807) is 23.1 Å². The van der Waals surface area contributed by atoms with Crippen LogP contribution in [0.2, 0.25) is 5.02 Å². The molecule has 0 N–H and O–H groups in total. The van der Waals surface area contributed by atoms with Gasteiger partial charge in [0.25, 0.3) is 5.91 Å². The van der Waals surface area contributed by atoms with Crippen molar-refractivity contribution in [3.05, 3.63) is 33.3 Å². The van der Waals surface area contributed by atoms with Crippen molar-refractivity contribution in [2.45, 2.75) is 12.5 Å². The highest BCUT2D eigenvalue weighted by Gasteiger charge is 2.34. The van der Waals surface area contributed by atoms with Crippen LogP contribution in [0.5, 0.6) is 0 Å². The quantitative estimate of drug-likeness (QED) is 0.733. The highest BCUT2D eigenvalue weighted by Crippen LogP contribution is 2.24. The molecular formula is C15H18BrClN2O3S. The van der Waals surface area contributed by atoms with E-state index in [-0.39, 0.29) is 23.5 Å². The van der Waals surface area contributed by atoms with Crippen molar-refractivity contribution in [1.29, 1.82) is 0 Å². The predicted molar refractivity (Wildman–Crippen MR) is 93.7 cm³/mol. The molecule has 2 aliphatic rings. The van der Waals surface area contributed by atoms with Crippen molar-refractivity contribution in [3.63, 3.8) is 0 Å². The first-order chi connectivity index (χ1) is 10.9. The number of halogens is 2. The Hall–Kier alpha value is -0.630. The van der Waals surface area contributed by atoms with E-state index in [2.05, 4.69) is 20.8 Å². The first-order valence-corrected chi connectivity index (χ1v) is 10.5. The summed E-state index contributed by atoms with van der Waals surface area (Å²) in [6.07, 6.45) is 0.704. The summed E-state index contributed by atoms with van der Waals surface area (Å²) in [5.41, 5.74) is 0.564. The maximum atomic E-state index is 12.6. The number of rotatable bonds is 2. The van der Waals surface area contributed by atoms with E-state index in [0.29, 0.717) is 43.2 Å². The van der Waals surface area contributed by atoms with E-state index in [9.17, 15) is 13.2 Å². The second-order valence-electron chi connectivity index (χ2n) is 6.01. The number of carbonyl (C=O) groups is 1. The lowest BCUT2D eigenvalue weighted by molar-refractivity contribution is 0.0587. The molecule has 5 nitrogen and oxygen atoms in total. The fraction of sp³-hybridized carbons (Fsp3) is 0.533. The van der Waals surface area contributed by atoms with Crippen molar-refractivity contribution in [3.8, 4) is 0 Å². The molecule has 23 heavy (non-hydrogen) atoms. The molecule has 0 aliphatic carbocycles. The van der Waals surface area contributed by atoms with Gasteiger partial charge in [0.1, 0.15) is 0 Å². The summed E-state index contributed by atoms with van der Waals surface area (Å²) < 4.78 is 23.9. The predicted octanol–water partition coefficient (Wildman–Crippen LogP) is 2.05. The van der Waals surface area contributed by atoms with Gasteiger partial charge in [0.15, 0.2) is 9.84 Å². The lowest BCUT2D eigenvalue weighted by Gasteiger charge is -2.37. The topological polar surface area (TPSA) is 57.7 Å². The summed E-state index contributed by atoms with van der Waals surface area (Å²) in [7, 11) is -2.87. The molecule has 1 aromatic carbocycles. The van der Waals surface area contributed by atoms with Gasteiger partial charge in [-0.25, -0.2) is 8.42 Å². The molecule has 3 rings (SSSR count). The molecule has 0 bridgehead atoms. The van der Waals surface area contributed by atoms with Crippen LogP contribution >= 0.6 is 27.5 Å². The summed E-state index contributed by atoms with van der Waals surface area (Å²) in [4.78, 5) is 16.6. The van der Waals surface area contributed by atoms with Crippen LogP contribution in [0, 0.1) is 0 Å². The second kappa shape index (κ2) is 6.70. The van der Waals surface area contributed by atoms with E-state index in [0.717, 1.165) is 4.47 Å². The molecule has 1 aromatic rings. The molecule has 0 spiro atoms. The van der Waals surface area contributed by atoms with E-state index in [1.165, 1.54) is 0 Å². The van der Waals surface area contributed by atoms with E-state index >= 15 is 0 Å². The van der Waals surface area contributed by atoms with Gasteiger partial charge in [0.2, 0.25) is 0 Å². The third-order valence-corrected chi connectivity index (χ3v) is 7.16. The maximum absolute atomic E-state index is 12.6. The Morgan fingerprint density at radius 2 is 1.91 bits per heavy atom. The minimum Gasteiger partial charge on any atom is -0.336 e. The number of nitrogens with zero attached hydrogens (tertiary/aromatic N) is 2. The zero-order chi connectivity index (χ0) is 16.6. The average Bonchev–Trinajstić information content (AvgIpc) is 2.89. The van der Waals surface area contributed by atoms with Gasteiger partial charge in [0, 0.05) is 41.7 Å². The van der Waals surface area contributed by atoms with Gasteiger partial charge in [-0.2, -0.15) is 0 Å². The highest BCUT2D eigenvalue weighted by molar-refractivity contribution is 9.10. The maximum Gasteiger partial charge on any atom is 0.255 e. The van der Waals surface area contributed by atoms with Gasteiger partial charge in [-0.3, -0.25) is 9.69 Å². The molecule has 0 saturated carbocycles. The van der Waals surface area contributed by atoms with Crippen molar-refractivity contribution in [1.82, 2.24) is 9.80 Å². The first kappa shape index (κ1) is 17.2. The monoisotopic (exact) mass is 420 g/mol. The van der Waals surface area contributed by atoms with Crippen molar-refractivity contribution in [2.24, 2.45) is 0 Å². The van der Waals surface area contributed by atoms with Crippen LogP contribution in [-0.2, 0) is 9.84 Å². The number of hydrogen-bond acceptors (Lipinski definition) is 4. The van der Waals surface area contributed by atoms with E-state index in [1.807, 2.05) is 0 Å². The fourth-order valence-electron chi connectivity index (χ4n) is 3.19. The Bertz CT molecular complexity index is 717. The van der Waals surface area contributed by atoms with Crippen LogP contribution in [0.1, 0.15) is 16.8 Å². The first-order valence-electron chi connectivity index (χ1n) is 7.54.